The first-order valence-electron chi connectivity index (χ1n) is 3.11. The predicted octanol–water partition coefficient (Wildman–Crippen LogP) is -2.34. The zero-order valence-electron chi connectivity index (χ0n) is 5.99. The molecule has 0 bridgehead atoms. The maximum atomic E-state index is 3.08. The van der Waals surface area contributed by atoms with Gasteiger partial charge in [0.2, 0.25) is 0 Å². The number of nitrogens with one attached hydrogen (secondary N) is 1. The highest BCUT2D eigenvalue weighted by Crippen LogP contribution is 1.78. The van der Waals surface area contributed by atoms with Crippen LogP contribution in [0.1, 0.15) is 0 Å². The van der Waals surface area contributed by atoms with Gasteiger partial charge in [-0.2, -0.15) is 0 Å². The quantitative estimate of drug-likeness (QED) is 0.398. The lowest BCUT2D eigenvalue weighted by Crippen LogP contribution is -2.11. The fraction of sp³-hybridized carbons (Fsp3) is 0.500. The van der Waals surface area contributed by atoms with Gasteiger partial charge in [-0.05, 0) is 7.05 Å². The second kappa shape index (κ2) is 5.04. The number of hydrogen-bond donors (Lipinski definition) is 1. The van der Waals surface area contributed by atoms with E-state index in [1.807, 2.05) is 7.05 Å². The van der Waals surface area contributed by atoms with E-state index in [4.69, 9.17) is 0 Å². The third kappa shape index (κ3) is 4.06. The summed E-state index contributed by atoms with van der Waals surface area (Å²) in [5.41, 5.74) is 1.43. The van der Waals surface area contributed by atoms with Gasteiger partial charge in [0, 0.05) is 6.54 Å². The van der Waals surface area contributed by atoms with Gasteiger partial charge in [0.15, 0.2) is 0 Å². The summed E-state index contributed by atoms with van der Waals surface area (Å²) in [6, 6.07) is 0. The SMILES string of the molecule is BB/C=C(\B)CNC. The van der Waals surface area contributed by atoms with Crippen molar-refractivity contribution in [3.8, 4) is 0 Å². The van der Waals surface area contributed by atoms with E-state index >= 15 is 0 Å². The summed E-state index contributed by atoms with van der Waals surface area (Å²) in [6.45, 7) is 1.02. The van der Waals surface area contributed by atoms with Crippen molar-refractivity contribution < 1.29 is 0 Å². The Labute approximate surface area is 54.0 Å². The summed E-state index contributed by atoms with van der Waals surface area (Å²) in [5.74, 6) is 2.23. The summed E-state index contributed by atoms with van der Waals surface area (Å²) < 4.78 is 0. The Morgan fingerprint density at radius 3 is 2.88 bits per heavy atom. The van der Waals surface area contributed by atoms with Crippen LogP contribution in [0.2, 0.25) is 0 Å². The topological polar surface area (TPSA) is 12.0 Å². The van der Waals surface area contributed by atoms with Crippen molar-refractivity contribution in [3.05, 3.63) is 11.4 Å². The van der Waals surface area contributed by atoms with E-state index in [0.717, 1.165) is 13.7 Å². The molecule has 0 aliphatic carbocycles. The van der Waals surface area contributed by atoms with Gasteiger partial charge in [-0.1, -0.05) is 0 Å². The molecule has 1 nitrogen and oxygen atoms in total. The van der Waals surface area contributed by atoms with E-state index in [9.17, 15) is 0 Å². The Morgan fingerprint density at radius 2 is 2.50 bits per heavy atom. The zero-order chi connectivity index (χ0) is 6.41. The van der Waals surface area contributed by atoms with Crippen LogP contribution in [-0.2, 0) is 0 Å². The molecule has 1 N–H and O–H groups in total. The van der Waals surface area contributed by atoms with Gasteiger partial charge in [0.05, 0.1) is 7.74 Å². The summed E-state index contributed by atoms with van der Waals surface area (Å²) in [6.07, 6.45) is 0. The van der Waals surface area contributed by atoms with Crippen LogP contribution in [0.15, 0.2) is 11.4 Å². The van der Waals surface area contributed by atoms with Crippen LogP contribution in [0.4, 0.5) is 0 Å². The Morgan fingerprint density at radius 1 is 1.88 bits per heavy atom. The van der Waals surface area contributed by atoms with Crippen LogP contribution in [0.5, 0.6) is 0 Å². The smallest absolute Gasteiger partial charge is 0.134 e. The molecule has 0 amide bonds. The van der Waals surface area contributed by atoms with Crippen molar-refractivity contribution >= 4 is 22.8 Å². The van der Waals surface area contributed by atoms with Crippen LogP contribution in [-0.4, -0.2) is 36.3 Å². The number of hydrogen-bond acceptors (Lipinski definition) is 1. The predicted molar refractivity (Wildman–Crippen MR) is 46.2 cm³/mol. The molecule has 0 aliphatic heterocycles. The molecule has 0 fully saturated rings. The first-order chi connectivity index (χ1) is 3.81. The minimum atomic E-state index is 1.02. The van der Waals surface area contributed by atoms with E-state index in [-0.39, 0.29) is 0 Å². The van der Waals surface area contributed by atoms with Gasteiger partial charge in [-0.15, -0.1) is 11.4 Å². The summed E-state index contributed by atoms with van der Waals surface area (Å²) in [7, 11) is 7.40. The largest absolute Gasteiger partial charge is 0.317 e. The van der Waals surface area contributed by atoms with Crippen molar-refractivity contribution in [2.75, 3.05) is 13.6 Å². The van der Waals surface area contributed by atoms with Crippen LogP contribution >= 0.6 is 0 Å². The molecule has 0 heterocycles. The summed E-state index contributed by atoms with van der Waals surface area (Å²) in [5, 5.41) is 3.08. The molecule has 0 aliphatic rings. The normalized spacial score (nSPS) is 11.4. The fourth-order valence-corrected chi connectivity index (χ4v) is 0.699. The van der Waals surface area contributed by atoms with Gasteiger partial charge in [-0.3, -0.25) is 0 Å². The van der Waals surface area contributed by atoms with Crippen LogP contribution in [0.3, 0.4) is 0 Å². The Balaban J connectivity index is 3.29. The zero-order valence-corrected chi connectivity index (χ0v) is 5.99. The molecule has 0 rings (SSSR count). The molecular formula is C4H12B3N. The number of rotatable bonds is 3. The van der Waals surface area contributed by atoms with E-state index in [1.165, 1.54) is 5.47 Å². The molecule has 42 valence electrons. The van der Waals surface area contributed by atoms with Crippen molar-refractivity contribution in [2.24, 2.45) is 0 Å². The van der Waals surface area contributed by atoms with Crippen molar-refractivity contribution in [2.45, 2.75) is 0 Å². The molecule has 0 aromatic carbocycles. The van der Waals surface area contributed by atoms with Crippen LogP contribution in [0, 0.1) is 0 Å². The molecule has 0 atom stereocenters. The van der Waals surface area contributed by atoms with Gasteiger partial charge in [0.1, 0.15) is 15.0 Å². The van der Waals surface area contributed by atoms with E-state index in [0.29, 0.717) is 0 Å². The van der Waals surface area contributed by atoms with Crippen LogP contribution in [0.25, 0.3) is 0 Å². The first kappa shape index (κ1) is 7.89. The molecular weight excluding hydrogens is 94.5 g/mol. The van der Waals surface area contributed by atoms with Crippen LogP contribution < -0.4 is 5.32 Å². The maximum Gasteiger partial charge on any atom is 0.134 e. The third-order valence-electron chi connectivity index (χ3n) is 1.01. The van der Waals surface area contributed by atoms with E-state index in [1.54, 1.807) is 0 Å². The molecule has 0 radical (unpaired) electrons. The second-order valence-corrected chi connectivity index (χ2v) is 1.99. The fourth-order valence-electron chi connectivity index (χ4n) is 0.699. The standard InChI is InChI=1S/C4H12B3N/c1-8-3-4(5)2-7-6/h2,7-8H,3,5-6H2,1H3/b4-2-. The molecule has 0 saturated heterocycles. The summed E-state index contributed by atoms with van der Waals surface area (Å²) in [4.78, 5) is 0. The van der Waals surface area contributed by atoms with Gasteiger partial charge in [0.25, 0.3) is 0 Å². The summed E-state index contributed by atoms with van der Waals surface area (Å²) >= 11 is 0. The Hall–Kier alpha value is -0.105. The van der Waals surface area contributed by atoms with Gasteiger partial charge < -0.3 is 5.32 Å². The molecule has 0 unspecified atom stereocenters. The second-order valence-electron chi connectivity index (χ2n) is 1.99. The third-order valence-corrected chi connectivity index (χ3v) is 1.01. The average molecular weight is 107 g/mol. The monoisotopic (exact) mass is 107 g/mol. The molecule has 4 heteroatoms. The highest BCUT2D eigenvalue weighted by atomic mass is 14.8. The maximum absolute atomic E-state index is 3.08. The minimum absolute atomic E-state index is 1.02. The average Bonchev–Trinajstić information content (AvgIpc) is 1.68. The van der Waals surface area contributed by atoms with Gasteiger partial charge >= 0.3 is 0 Å². The van der Waals surface area contributed by atoms with Crippen molar-refractivity contribution in [3.63, 3.8) is 0 Å². The molecule has 0 spiro atoms. The first-order valence-corrected chi connectivity index (χ1v) is 3.11. The highest BCUT2D eigenvalue weighted by molar-refractivity contribution is 6.92. The van der Waals surface area contributed by atoms with E-state index < -0.39 is 0 Å². The molecule has 0 aromatic heterocycles. The molecule has 0 aromatic rings. The molecule has 0 saturated carbocycles. The van der Waals surface area contributed by atoms with Crippen molar-refractivity contribution in [1.29, 1.82) is 0 Å². The lowest BCUT2D eigenvalue weighted by Gasteiger charge is -1.95. The minimum Gasteiger partial charge on any atom is -0.317 e. The Kier molecular flexibility index (Phi) is 4.97. The lowest BCUT2D eigenvalue weighted by atomic mass is 9.54. The van der Waals surface area contributed by atoms with Crippen molar-refractivity contribution in [1.82, 2.24) is 5.32 Å². The highest BCUT2D eigenvalue weighted by Gasteiger charge is 1.82. The molecule has 8 heavy (non-hydrogen) atoms. The van der Waals surface area contributed by atoms with Gasteiger partial charge in [-0.25, -0.2) is 0 Å². The van der Waals surface area contributed by atoms with E-state index in [2.05, 4.69) is 26.9 Å². The Bertz CT molecular complexity index is 81.4. The lowest BCUT2D eigenvalue weighted by molar-refractivity contribution is 0.910. The number of likely N-dealkylation sites (N-methyl/N-ethyl adjacent to an activating group) is 1.